The SMILES string of the molecule is CC(C)CNCC(C(C)C)N(C)CCc1cccs1. The summed E-state index contributed by atoms with van der Waals surface area (Å²) >= 11 is 1.86. The maximum Gasteiger partial charge on any atom is 0.0240 e. The third-order valence-corrected chi connectivity index (χ3v) is 4.47. The number of nitrogens with one attached hydrogen (secondary N) is 1. The molecular formula is C16H30N2S. The average molecular weight is 282 g/mol. The lowest BCUT2D eigenvalue weighted by Crippen LogP contribution is -2.45. The van der Waals surface area contributed by atoms with Crippen LogP contribution in [0, 0.1) is 11.8 Å². The molecule has 0 spiro atoms. The average Bonchev–Trinajstić information content (AvgIpc) is 2.84. The van der Waals surface area contributed by atoms with Gasteiger partial charge in [0.2, 0.25) is 0 Å². The first-order valence-electron chi connectivity index (χ1n) is 7.44. The molecule has 1 aromatic rings. The summed E-state index contributed by atoms with van der Waals surface area (Å²) in [7, 11) is 2.26. The van der Waals surface area contributed by atoms with Gasteiger partial charge < -0.3 is 10.2 Å². The zero-order valence-electron chi connectivity index (χ0n) is 13.1. The molecule has 0 saturated heterocycles. The topological polar surface area (TPSA) is 15.3 Å². The van der Waals surface area contributed by atoms with Crippen LogP contribution in [-0.2, 0) is 6.42 Å². The minimum atomic E-state index is 0.624. The highest BCUT2D eigenvalue weighted by Gasteiger charge is 2.18. The fraction of sp³-hybridized carbons (Fsp3) is 0.750. The summed E-state index contributed by atoms with van der Waals surface area (Å²) in [5, 5.41) is 5.77. The van der Waals surface area contributed by atoms with E-state index in [0.29, 0.717) is 12.0 Å². The largest absolute Gasteiger partial charge is 0.315 e. The van der Waals surface area contributed by atoms with E-state index in [1.807, 2.05) is 11.3 Å². The molecule has 19 heavy (non-hydrogen) atoms. The number of thiophene rings is 1. The normalized spacial score (nSPS) is 13.7. The number of likely N-dealkylation sites (N-methyl/N-ethyl adjacent to an activating group) is 1. The van der Waals surface area contributed by atoms with Gasteiger partial charge in [-0.2, -0.15) is 0 Å². The summed E-state index contributed by atoms with van der Waals surface area (Å²) in [4.78, 5) is 4.00. The Morgan fingerprint density at radius 1 is 1.21 bits per heavy atom. The van der Waals surface area contributed by atoms with E-state index >= 15 is 0 Å². The maximum atomic E-state index is 3.60. The first-order chi connectivity index (χ1) is 9.00. The summed E-state index contributed by atoms with van der Waals surface area (Å²) in [6.07, 6.45) is 1.17. The Morgan fingerprint density at radius 3 is 2.47 bits per heavy atom. The molecular weight excluding hydrogens is 252 g/mol. The van der Waals surface area contributed by atoms with Gasteiger partial charge in [-0.3, -0.25) is 0 Å². The number of hydrogen-bond acceptors (Lipinski definition) is 3. The van der Waals surface area contributed by atoms with Crippen molar-refractivity contribution in [3.05, 3.63) is 22.4 Å². The highest BCUT2D eigenvalue weighted by Crippen LogP contribution is 2.13. The fourth-order valence-corrected chi connectivity index (χ4v) is 3.03. The van der Waals surface area contributed by atoms with E-state index in [0.717, 1.165) is 25.6 Å². The van der Waals surface area contributed by atoms with Crippen LogP contribution >= 0.6 is 11.3 Å². The van der Waals surface area contributed by atoms with Gasteiger partial charge in [0.25, 0.3) is 0 Å². The molecule has 0 radical (unpaired) electrons. The van der Waals surface area contributed by atoms with Gasteiger partial charge in [-0.05, 0) is 43.3 Å². The minimum Gasteiger partial charge on any atom is -0.315 e. The van der Waals surface area contributed by atoms with E-state index in [-0.39, 0.29) is 0 Å². The van der Waals surface area contributed by atoms with Crippen molar-refractivity contribution in [3.63, 3.8) is 0 Å². The van der Waals surface area contributed by atoms with Gasteiger partial charge in [0, 0.05) is 24.0 Å². The molecule has 1 heterocycles. The van der Waals surface area contributed by atoms with Crippen molar-refractivity contribution in [2.75, 3.05) is 26.7 Å². The molecule has 0 aliphatic carbocycles. The molecule has 1 aromatic heterocycles. The van der Waals surface area contributed by atoms with Crippen molar-refractivity contribution < 1.29 is 0 Å². The molecule has 110 valence electrons. The van der Waals surface area contributed by atoms with Crippen LogP contribution in [0.5, 0.6) is 0 Å². The molecule has 1 N–H and O–H groups in total. The first kappa shape index (κ1) is 16.7. The number of hydrogen-bond donors (Lipinski definition) is 1. The monoisotopic (exact) mass is 282 g/mol. The quantitative estimate of drug-likeness (QED) is 0.746. The third-order valence-electron chi connectivity index (χ3n) is 3.53. The van der Waals surface area contributed by atoms with Gasteiger partial charge in [-0.15, -0.1) is 11.3 Å². The molecule has 0 aromatic carbocycles. The molecule has 0 aliphatic heterocycles. The van der Waals surface area contributed by atoms with E-state index in [4.69, 9.17) is 0 Å². The highest BCUT2D eigenvalue weighted by atomic mass is 32.1. The van der Waals surface area contributed by atoms with Crippen molar-refractivity contribution in [2.24, 2.45) is 11.8 Å². The van der Waals surface area contributed by atoms with Crippen molar-refractivity contribution in [2.45, 2.75) is 40.2 Å². The van der Waals surface area contributed by atoms with Gasteiger partial charge in [0.05, 0.1) is 0 Å². The van der Waals surface area contributed by atoms with Crippen LogP contribution in [0.2, 0.25) is 0 Å². The number of rotatable bonds is 9. The van der Waals surface area contributed by atoms with E-state index < -0.39 is 0 Å². The Balaban J connectivity index is 2.36. The van der Waals surface area contributed by atoms with Crippen LogP contribution in [0.25, 0.3) is 0 Å². The maximum absolute atomic E-state index is 3.60. The molecule has 0 amide bonds. The number of nitrogens with zero attached hydrogens (tertiary/aromatic N) is 1. The van der Waals surface area contributed by atoms with Crippen LogP contribution < -0.4 is 5.32 Å². The lowest BCUT2D eigenvalue weighted by molar-refractivity contribution is 0.188. The predicted molar refractivity (Wildman–Crippen MR) is 87.0 cm³/mol. The summed E-state index contributed by atoms with van der Waals surface area (Å²) < 4.78 is 0. The Hall–Kier alpha value is -0.380. The lowest BCUT2D eigenvalue weighted by atomic mass is 10.0. The van der Waals surface area contributed by atoms with Crippen molar-refractivity contribution in [1.82, 2.24) is 10.2 Å². The molecule has 2 nitrogen and oxygen atoms in total. The van der Waals surface area contributed by atoms with Crippen LogP contribution in [-0.4, -0.2) is 37.6 Å². The Kier molecular flexibility index (Phi) is 7.66. The van der Waals surface area contributed by atoms with Crippen LogP contribution in [0.3, 0.4) is 0 Å². The Bertz CT molecular complexity index is 319. The van der Waals surface area contributed by atoms with E-state index in [1.165, 1.54) is 11.3 Å². The van der Waals surface area contributed by atoms with Crippen LogP contribution in [0.1, 0.15) is 32.6 Å². The zero-order chi connectivity index (χ0) is 14.3. The predicted octanol–water partition coefficient (Wildman–Crippen LogP) is 3.49. The summed E-state index contributed by atoms with van der Waals surface area (Å²) in [5.41, 5.74) is 0. The standard InChI is InChI=1S/C16H30N2S/c1-13(2)11-17-12-16(14(3)4)18(5)9-8-15-7-6-10-19-15/h6-7,10,13-14,16-17H,8-9,11-12H2,1-5H3. The van der Waals surface area contributed by atoms with Gasteiger partial charge in [-0.1, -0.05) is 33.8 Å². The second kappa shape index (κ2) is 8.72. The molecule has 0 bridgehead atoms. The second-order valence-electron chi connectivity index (χ2n) is 6.17. The van der Waals surface area contributed by atoms with E-state index in [1.54, 1.807) is 0 Å². The van der Waals surface area contributed by atoms with Gasteiger partial charge in [-0.25, -0.2) is 0 Å². The molecule has 3 heteroatoms. The highest BCUT2D eigenvalue weighted by molar-refractivity contribution is 7.09. The first-order valence-corrected chi connectivity index (χ1v) is 8.32. The zero-order valence-corrected chi connectivity index (χ0v) is 14.0. The minimum absolute atomic E-state index is 0.624. The van der Waals surface area contributed by atoms with E-state index in [9.17, 15) is 0 Å². The second-order valence-corrected chi connectivity index (χ2v) is 7.21. The van der Waals surface area contributed by atoms with Crippen molar-refractivity contribution in [1.29, 1.82) is 0 Å². The van der Waals surface area contributed by atoms with Gasteiger partial charge >= 0.3 is 0 Å². The molecule has 1 atom stereocenters. The molecule has 0 saturated carbocycles. The third kappa shape index (κ3) is 6.55. The smallest absolute Gasteiger partial charge is 0.0240 e. The van der Waals surface area contributed by atoms with Crippen molar-refractivity contribution >= 4 is 11.3 Å². The van der Waals surface area contributed by atoms with Crippen LogP contribution in [0.15, 0.2) is 17.5 Å². The summed E-state index contributed by atoms with van der Waals surface area (Å²) in [6.45, 7) is 12.5. The summed E-state index contributed by atoms with van der Waals surface area (Å²) in [5.74, 6) is 1.41. The lowest BCUT2D eigenvalue weighted by Gasteiger charge is -2.31. The van der Waals surface area contributed by atoms with E-state index in [2.05, 4.69) is 62.5 Å². The van der Waals surface area contributed by atoms with Gasteiger partial charge in [0.15, 0.2) is 0 Å². The fourth-order valence-electron chi connectivity index (χ4n) is 2.33. The Labute approximate surface area is 123 Å². The van der Waals surface area contributed by atoms with Crippen molar-refractivity contribution in [3.8, 4) is 0 Å². The molecule has 0 aliphatic rings. The molecule has 1 rings (SSSR count). The van der Waals surface area contributed by atoms with Gasteiger partial charge in [0.1, 0.15) is 0 Å². The molecule has 0 fully saturated rings. The molecule has 1 unspecified atom stereocenters. The Morgan fingerprint density at radius 2 is 1.95 bits per heavy atom. The van der Waals surface area contributed by atoms with Crippen LogP contribution in [0.4, 0.5) is 0 Å². The summed E-state index contributed by atoms with van der Waals surface area (Å²) in [6, 6.07) is 5.00.